The van der Waals surface area contributed by atoms with Gasteiger partial charge in [-0.3, -0.25) is 4.79 Å². The predicted octanol–water partition coefficient (Wildman–Crippen LogP) is 2.69. The number of carbonyl (C=O) groups is 2. The van der Waals surface area contributed by atoms with Gasteiger partial charge in [-0.1, -0.05) is 6.07 Å². The van der Waals surface area contributed by atoms with Crippen LogP contribution in [0.25, 0.3) is 0 Å². The Hall–Kier alpha value is -2.58. The summed E-state index contributed by atoms with van der Waals surface area (Å²) in [6, 6.07) is 4.05. The van der Waals surface area contributed by atoms with Gasteiger partial charge in [0.25, 0.3) is 0 Å². The highest BCUT2D eigenvalue weighted by Gasteiger charge is 2.42. The number of halogens is 2. The highest BCUT2D eigenvalue weighted by atomic mass is 19.3. The quantitative estimate of drug-likeness (QED) is 0.768. The molecular weight excluding hydrogens is 350 g/mol. The van der Waals surface area contributed by atoms with Crippen molar-refractivity contribution in [2.75, 3.05) is 19.7 Å². The number of urea groups is 1. The first kappa shape index (κ1) is 19.7. The Labute approximate surface area is 149 Å². The molecule has 1 atom stereocenters. The Morgan fingerprint density at radius 1 is 1.38 bits per heavy atom. The van der Waals surface area contributed by atoms with Crippen molar-refractivity contribution in [3.05, 3.63) is 23.8 Å². The van der Waals surface area contributed by atoms with Crippen LogP contribution in [0.15, 0.2) is 18.2 Å². The summed E-state index contributed by atoms with van der Waals surface area (Å²) in [7, 11) is 0. The number of nitrogens with one attached hydrogen (secondary N) is 1. The minimum atomic E-state index is -2.96. The lowest BCUT2D eigenvalue weighted by Gasteiger charge is -2.20. The summed E-state index contributed by atoms with van der Waals surface area (Å²) in [5, 5.41) is 11.9. The van der Waals surface area contributed by atoms with Crippen LogP contribution in [0.2, 0.25) is 0 Å². The van der Waals surface area contributed by atoms with Crippen LogP contribution in [0.5, 0.6) is 11.5 Å². The van der Waals surface area contributed by atoms with Gasteiger partial charge >= 0.3 is 18.6 Å². The van der Waals surface area contributed by atoms with Crippen molar-refractivity contribution in [3.8, 4) is 11.5 Å². The smallest absolute Gasteiger partial charge is 0.387 e. The third-order valence-electron chi connectivity index (χ3n) is 4.24. The fourth-order valence-corrected chi connectivity index (χ4v) is 2.72. The Morgan fingerprint density at radius 2 is 2.12 bits per heavy atom. The molecule has 7 nitrogen and oxygen atoms in total. The molecule has 2 rings (SSSR count). The van der Waals surface area contributed by atoms with E-state index in [1.165, 1.54) is 17.0 Å². The number of amides is 2. The van der Waals surface area contributed by atoms with E-state index in [0.717, 1.165) is 0 Å². The third-order valence-corrected chi connectivity index (χ3v) is 4.24. The standard InChI is InChI=1S/C17H22F2N2O5/c1-3-25-13-8-11(4-5-12(13)26-15(18)19)9-20-16(24)21-7-6-17(2,10-21)14(22)23/h4-5,8,15H,3,6-7,9-10H2,1-2H3,(H,20,24)(H,22,23). The molecule has 2 amide bonds. The average molecular weight is 372 g/mol. The van der Waals surface area contributed by atoms with Crippen molar-refractivity contribution in [3.63, 3.8) is 0 Å². The number of aliphatic carboxylic acids is 1. The number of carboxylic acid groups (broad SMARTS) is 1. The van der Waals surface area contributed by atoms with Gasteiger partial charge in [0, 0.05) is 19.6 Å². The summed E-state index contributed by atoms with van der Waals surface area (Å²) in [5.74, 6) is -0.836. The molecule has 0 radical (unpaired) electrons. The van der Waals surface area contributed by atoms with E-state index in [-0.39, 0.29) is 37.2 Å². The Morgan fingerprint density at radius 3 is 2.69 bits per heavy atom. The van der Waals surface area contributed by atoms with Gasteiger partial charge in [-0.2, -0.15) is 8.78 Å². The van der Waals surface area contributed by atoms with Crippen molar-refractivity contribution < 1.29 is 33.0 Å². The number of carboxylic acids is 1. The molecule has 1 heterocycles. The molecule has 1 aliphatic heterocycles. The zero-order chi connectivity index (χ0) is 19.3. The number of carbonyl (C=O) groups excluding carboxylic acids is 1. The van der Waals surface area contributed by atoms with Gasteiger partial charge in [0.05, 0.1) is 12.0 Å². The predicted molar refractivity (Wildman–Crippen MR) is 88.4 cm³/mol. The molecule has 1 aromatic carbocycles. The molecule has 2 N–H and O–H groups in total. The number of hydrogen-bond acceptors (Lipinski definition) is 4. The summed E-state index contributed by atoms with van der Waals surface area (Å²) >= 11 is 0. The van der Waals surface area contributed by atoms with Crippen LogP contribution in [-0.4, -0.2) is 48.3 Å². The molecular formula is C17H22F2N2O5. The van der Waals surface area contributed by atoms with E-state index < -0.39 is 18.0 Å². The number of benzene rings is 1. The van der Waals surface area contributed by atoms with E-state index in [2.05, 4.69) is 10.1 Å². The molecule has 144 valence electrons. The third kappa shape index (κ3) is 4.74. The first-order valence-corrected chi connectivity index (χ1v) is 8.22. The number of likely N-dealkylation sites (tertiary alicyclic amines) is 1. The van der Waals surface area contributed by atoms with Crippen molar-refractivity contribution in [2.24, 2.45) is 5.41 Å². The van der Waals surface area contributed by atoms with Crippen molar-refractivity contribution >= 4 is 12.0 Å². The van der Waals surface area contributed by atoms with Crippen molar-refractivity contribution in [2.45, 2.75) is 33.4 Å². The monoisotopic (exact) mass is 372 g/mol. The van der Waals surface area contributed by atoms with Crippen molar-refractivity contribution in [1.29, 1.82) is 0 Å². The summed E-state index contributed by atoms with van der Waals surface area (Å²) in [6.45, 7) is 1.29. The molecule has 1 aromatic rings. The topological polar surface area (TPSA) is 88.1 Å². The van der Waals surface area contributed by atoms with E-state index in [0.29, 0.717) is 18.5 Å². The minimum absolute atomic E-state index is 0.0753. The second-order valence-electron chi connectivity index (χ2n) is 6.29. The summed E-state index contributed by atoms with van der Waals surface area (Å²) in [4.78, 5) is 24.9. The lowest BCUT2D eigenvalue weighted by atomic mass is 9.90. The first-order chi connectivity index (χ1) is 12.2. The van der Waals surface area contributed by atoms with Crippen LogP contribution in [0, 0.1) is 5.41 Å². The second-order valence-corrected chi connectivity index (χ2v) is 6.29. The van der Waals surface area contributed by atoms with Gasteiger partial charge in [0.1, 0.15) is 0 Å². The maximum atomic E-state index is 12.4. The minimum Gasteiger partial charge on any atom is -0.490 e. The van der Waals surface area contributed by atoms with Crippen LogP contribution < -0.4 is 14.8 Å². The average Bonchev–Trinajstić information content (AvgIpc) is 2.98. The fraction of sp³-hybridized carbons (Fsp3) is 0.529. The number of rotatable bonds is 7. The van der Waals surface area contributed by atoms with Gasteiger partial charge in [-0.25, -0.2) is 4.79 Å². The maximum Gasteiger partial charge on any atom is 0.387 e. The lowest BCUT2D eigenvalue weighted by Crippen LogP contribution is -2.40. The van der Waals surface area contributed by atoms with Crippen LogP contribution in [0.1, 0.15) is 25.8 Å². The normalized spacial score (nSPS) is 19.5. The molecule has 0 bridgehead atoms. The largest absolute Gasteiger partial charge is 0.490 e. The van der Waals surface area contributed by atoms with Crippen LogP contribution in [-0.2, 0) is 11.3 Å². The molecule has 9 heteroatoms. The SMILES string of the molecule is CCOc1cc(CNC(=O)N2CCC(C)(C(=O)O)C2)ccc1OC(F)F. The number of alkyl halides is 2. The van der Waals surface area contributed by atoms with Gasteiger partial charge in [0.2, 0.25) is 0 Å². The highest BCUT2D eigenvalue weighted by molar-refractivity contribution is 5.79. The molecule has 0 aliphatic carbocycles. The van der Waals surface area contributed by atoms with Crippen molar-refractivity contribution in [1.82, 2.24) is 10.2 Å². The summed E-state index contributed by atoms with van der Waals surface area (Å²) in [6.07, 6.45) is 0.393. The Kier molecular flexibility index (Phi) is 6.23. The number of nitrogens with zero attached hydrogens (tertiary/aromatic N) is 1. The van der Waals surface area contributed by atoms with Gasteiger partial charge in [-0.05, 0) is 38.0 Å². The number of hydrogen-bond donors (Lipinski definition) is 2. The zero-order valence-corrected chi connectivity index (χ0v) is 14.6. The first-order valence-electron chi connectivity index (χ1n) is 8.22. The maximum absolute atomic E-state index is 12.4. The van der Waals surface area contributed by atoms with E-state index in [4.69, 9.17) is 4.74 Å². The molecule has 1 fully saturated rings. The fourth-order valence-electron chi connectivity index (χ4n) is 2.72. The molecule has 26 heavy (non-hydrogen) atoms. The molecule has 1 saturated heterocycles. The lowest BCUT2D eigenvalue weighted by molar-refractivity contribution is -0.147. The van der Waals surface area contributed by atoms with E-state index in [1.807, 2.05) is 0 Å². The Balaban J connectivity index is 1.97. The molecule has 1 aliphatic rings. The van der Waals surface area contributed by atoms with Crippen LogP contribution in [0.4, 0.5) is 13.6 Å². The molecule has 0 spiro atoms. The Bertz CT molecular complexity index is 671. The van der Waals surface area contributed by atoms with Gasteiger partial charge in [0.15, 0.2) is 11.5 Å². The molecule has 0 saturated carbocycles. The summed E-state index contributed by atoms with van der Waals surface area (Å²) in [5.41, 5.74) is -0.295. The highest BCUT2D eigenvalue weighted by Crippen LogP contribution is 2.31. The zero-order valence-electron chi connectivity index (χ0n) is 14.6. The van der Waals surface area contributed by atoms with Crippen LogP contribution >= 0.6 is 0 Å². The van der Waals surface area contributed by atoms with E-state index in [9.17, 15) is 23.5 Å². The van der Waals surface area contributed by atoms with E-state index in [1.54, 1.807) is 19.9 Å². The second kappa shape index (κ2) is 8.20. The van der Waals surface area contributed by atoms with Crippen LogP contribution in [0.3, 0.4) is 0 Å². The molecule has 1 unspecified atom stereocenters. The van der Waals surface area contributed by atoms with Gasteiger partial charge < -0.3 is 24.8 Å². The van der Waals surface area contributed by atoms with Gasteiger partial charge in [-0.15, -0.1) is 0 Å². The number of ether oxygens (including phenoxy) is 2. The van der Waals surface area contributed by atoms with E-state index >= 15 is 0 Å². The summed E-state index contributed by atoms with van der Waals surface area (Å²) < 4.78 is 34.5. The molecule has 0 aromatic heterocycles.